The van der Waals surface area contributed by atoms with Gasteiger partial charge in [-0.15, -0.1) is 0 Å². The van der Waals surface area contributed by atoms with E-state index in [1.165, 1.54) is 0 Å². The number of amides is 2. The normalized spacial score (nSPS) is 14.3. The van der Waals surface area contributed by atoms with Crippen LogP contribution in [0.1, 0.15) is 10.4 Å². The minimum Gasteiger partial charge on any atom is -0.484 e. The number of piperazine rings is 1. The van der Waals surface area contributed by atoms with E-state index in [0.717, 1.165) is 0 Å². The summed E-state index contributed by atoms with van der Waals surface area (Å²) in [6.07, 6.45) is 3.20. The molecule has 1 aromatic carbocycles. The van der Waals surface area contributed by atoms with Crippen molar-refractivity contribution in [1.82, 2.24) is 14.8 Å². The highest BCUT2D eigenvalue weighted by Crippen LogP contribution is 2.10. The molecule has 1 fully saturated rings. The number of hydrogen-bond donors (Lipinski definition) is 0. The first-order valence-corrected chi connectivity index (χ1v) is 7.89. The lowest BCUT2D eigenvalue weighted by atomic mass is 10.2. The second-order valence-corrected chi connectivity index (χ2v) is 5.52. The van der Waals surface area contributed by atoms with Crippen molar-refractivity contribution < 1.29 is 14.3 Å². The van der Waals surface area contributed by atoms with Crippen LogP contribution in [0.5, 0.6) is 5.75 Å². The van der Waals surface area contributed by atoms with Gasteiger partial charge < -0.3 is 14.5 Å². The molecule has 0 aliphatic carbocycles. The second-order valence-electron chi connectivity index (χ2n) is 5.52. The smallest absolute Gasteiger partial charge is 0.260 e. The third-order valence-electron chi connectivity index (χ3n) is 3.93. The average molecular weight is 325 g/mol. The number of rotatable bonds is 4. The Balaban J connectivity index is 1.48. The molecule has 6 heteroatoms. The molecule has 3 rings (SSSR count). The van der Waals surface area contributed by atoms with Gasteiger partial charge >= 0.3 is 0 Å². The first-order chi connectivity index (χ1) is 11.7. The molecular formula is C18H19N3O3. The average Bonchev–Trinajstić information content (AvgIpc) is 2.67. The van der Waals surface area contributed by atoms with Gasteiger partial charge in [-0.2, -0.15) is 0 Å². The van der Waals surface area contributed by atoms with Crippen LogP contribution >= 0.6 is 0 Å². The van der Waals surface area contributed by atoms with Crippen molar-refractivity contribution in [1.29, 1.82) is 0 Å². The van der Waals surface area contributed by atoms with E-state index in [1.54, 1.807) is 34.3 Å². The van der Waals surface area contributed by atoms with E-state index in [1.807, 2.05) is 30.3 Å². The van der Waals surface area contributed by atoms with Gasteiger partial charge in [-0.1, -0.05) is 18.2 Å². The first-order valence-electron chi connectivity index (χ1n) is 7.89. The zero-order valence-electron chi connectivity index (χ0n) is 13.3. The number of carbonyl (C=O) groups excluding carboxylic acids is 2. The van der Waals surface area contributed by atoms with Crippen molar-refractivity contribution in [2.24, 2.45) is 0 Å². The number of para-hydroxylation sites is 1. The van der Waals surface area contributed by atoms with E-state index in [-0.39, 0.29) is 18.4 Å². The summed E-state index contributed by atoms with van der Waals surface area (Å²) in [6.45, 7) is 2.09. The molecule has 124 valence electrons. The Morgan fingerprint density at radius 1 is 0.958 bits per heavy atom. The summed E-state index contributed by atoms with van der Waals surface area (Å²) in [7, 11) is 0. The van der Waals surface area contributed by atoms with Crippen molar-refractivity contribution in [2.45, 2.75) is 0 Å². The van der Waals surface area contributed by atoms with Crippen LogP contribution in [0.25, 0.3) is 0 Å². The molecule has 1 aromatic heterocycles. The molecule has 1 aliphatic rings. The molecule has 2 aromatic rings. The maximum Gasteiger partial charge on any atom is 0.260 e. The fourth-order valence-corrected chi connectivity index (χ4v) is 2.58. The molecule has 2 heterocycles. The lowest BCUT2D eigenvalue weighted by Crippen LogP contribution is -2.51. The molecule has 6 nitrogen and oxygen atoms in total. The van der Waals surface area contributed by atoms with Crippen LogP contribution < -0.4 is 4.74 Å². The third kappa shape index (κ3) is 3.90. The molecule has 0 bridgehead atoms. The summed E-state index contributed by atoms with van der Waals surface area (Å²) >= 11 is 0. The van der Waals surface area contributed by atoms with E-state index in [4.69, 9.17) is 4.74 Å². The van der Waals surface area contributed by atoms with Gasteiger partial charge in [0.05, 0.1) is 5.56 Å². The largest absolute Gasteiger partial charge is 0.484 e. The summed E-state index contributed by atoms with van der Waals surface area (Å²) in [5.74, 6) is 0.569. The fourth-order valence-electron chi connectivity index (χ4n) is 2.58. The monoisotopic (exact) mass is 325 g/mol. The number of pyridine rings is 1. The first kappa shape index (κ1) is 16.0. The maximum atomic E-state index is 12.3. The zero-order chi connectivity index (χ0) is 16.8. The lowest BCUT2D eigenvalue weighted by Gasteiger charge is -2.34. The van der Waals surface area contributed by atoms with Gasteiger partial charge in [-0.3, -0.25) is 14.6 Å². The number of benzene rings is 1. The Morgan fingerprint density at radius 3 is 2.33 bits per heavy atom. The van der Waals surface area contributed by atoms with Crippen LogP contribution in [0.3, 0.4) is 0 Å². The van der Waals surface area contributed by atoms with Crippen molar-refractivity contribution in [2.75, 3.05) is 32.8 Å². The minimum absolute atomic E-state index is 0.0144. The molecule has 0 N–H and O–H groups in total. The van der Waals surface area contributed by atoms with Gasteiger partial charge in [-0.05, 0) is 24.3 Å². The zero-order valence-corrected chi connectivity index (χ0v) is 13.3. The Hall–Kier alpha value is -2.89. The fraction of sp³-hybridized carbons (Fsp3) is 0.278. The number of ether oxygens (including phenoxy) is 1. The van der Waals surface area contributed by atoms with Crippen LogP contribution in [0.4, 0.5) is 0 Å². The molecule has 0 saturated carbocycles. The Kier molecular flexibility index (Phi) is 5.05. The van der Waals surface area contributed by atoms with E-state index >= 15 is 0 Å². The van der Waals surface area contributed by atoms with Gasteiger partial charge in [0, 0.05) is 38.6 Å². The molecule has 0 spiro atoms. The Bertz CT molecular complexity index is 683. The number of nitrogens with zero attached hydrogens (tertiary/aromatic N) is 3. The summed E-state index contributed by atoms with van der Waals surface area (Å²) in [5, 5.41) is 0. The van der Waals surface area contributed by atoms with Crippen LogP contribution in [0.15, 0.2) is 54.9 Å². The van der Waals surface area contributed by atoms with Gasteiger partial charge in [0.2, 0.25) is 0 Å². The lowest BCUT2D eigenvalue weighted by molar-refractivity contribution is -0.134. The standard InChI is InChI=1S/C18H19N3O3/c22-17(14-24-16-6-2-1-3-7-16)20-9-11-21(12-10-20)18(23)15-5-4-8-19-13-15/h1-8,13H,9-12,14H2. The van der Waals surface area contributed by atoms with E-state index in [0.29, 0.717) is 37.5 Å². The van der Waals surface area contributed by atoms with Crippen LogP contribution in [0, 0.1) is 0 Å². The molecule has 24 heavy (non-hydrogen) atoms. The molecule has 0 radical (unpaired) electrons. The van der Waals surface area contributed by atoms with Gasteiger partial charge in [0.15, 0.2) is 6.61 Å². The Labute approximate surface area is 140 Å². The second kappa shape index (κ2) is 7.59. The summed E-state index contributed by atoms with van der Waals surface area (Å²) < 4.78 is 5.48. The highest BCUT2D eigenvalue weighted by Gasteiger charge is 2.25. The van der Waals surface area contributed by atoms with Gasteiger partial charge in [0.1, 0.15) is 5.75 Å². The molecule has 2 amide bonds. The van der Waals surface area contributed by atoms with Crippen molar-refractivity contribution in [3.8, 4) is 5.75 Å². The molecule has 1 saturated heterocycles. The summed E-state index contributed by atoms with van der Waals surface area (Å²) in [4.78, 5) is 32.0. The van der Waals surface area contributed by atoms with Crippen LogP contribution in [-0.2, 0) is 4.79 Å². The van der Waals surface area contributed by atoms with Gasteiger partial charge in [0.25, 0.3) is 11.8 Å². The molecular weight excluding hydrogens is 306 g/mol. The van der Waals surface area contributed by atoms with Crippen LogP contribution in [0.2, 0.25) is 0 Å². The van der Waals surface area contributed by atoms with Crippen molar-refractivity contribution >= 4 is 11.8 Å². The predicted molar refractivity (Wildman–Crippen MR) is 88.7 cm³/mol. The maximum absolute atomic E-state index is 12.3. The number of hydrogen-bond acceptors (Lipinski definition) is 4. The van der Waals surface area contributed by atoms with E-state index in [9.17, 15) is 9.59 Å². The van der Waals surface area contributed by atoms with E-state index in [2.05, 4.69) is 4.98 Å². The van der Waals surface area contributed by atoms with Gasteiger partial charge in [-0.25, -0.2) is 0 Å². The Morgan fingerprint density at radius 2 is 1.67 bits per heavy atom. The number of aromatic nitrogens is 1. The predicted octanol–water partition coefficient (Wildman–Crippen LogP) is 1.45. The number of carbonyl (C=O) groups is 2. The quantitative estimate of drug-likeness (QED) is 0.853. The minimum atomic E-state index is -0.0627. The summed E-state index contributed by atoms with van der Waals surface area (Å²) in [6, 6.07) is 12.8. The topological polar surface area (TPSA) is 62.7 Å². The molecule has 1 aliphatic heterocycles. The molecule has 0 atom stereocenters. The van der Waals surface area contributed by atoms with Crippen molar-refractivity contribution in [3.63, 3.8) is 0 Å². The highest BCUT2D eigenvalue weighted by molar-refractivity contribution is 5.94. The van der Waals surface area contributed by atoms with E-state index < -0.39 is 0 Å². The van der Waals surface area contributed by atoms with Crippen LogP contribution in [-0.4, -0.2) is 59.4 Å². The molecule has 0 unspecified atom stereocenters. The summed E-state index contributed by atoms with van der Waals surface area (Å²) in [5.41, 5.74) is 0.574. The SMILES string of the molecule is O=C(COc1ccccc1)N1CCN(C(=O)c2cccnc2)CC1. The highest BCUT2D eigenvalue weighted by atomic mass is 16.5. The third-order valence-corrected chi connectivity index (χ3v) is 3.93. The van der Waals surface area contributed by atoms with Crippen molar-refractivity contribution in [3.05, 3.63) is 60.4 Å².